The molecule has 0 amide bonds. The first kappa shape index (κ1) is 15.2. The number of thioether (sulfide) groups is 1. The minimum atomic E-state index is -0.152. The zero-order chi connectivity index (χ0) is 14.7. The van der Waals surface area contributed by atoms with Crippen LogP contribution in [-0.2, 0) is 16.0 Å². The third kappa shape index (κ3) is 3.54. The Balaban J connectivity index is 1.66. The van der Waals surface area contributed by atoms with Crippen LogP contribution >= 0.6 is 23.1 Å². The van der Waals surface area contributed by atoms with E-state index in [1.807, 2.05) is 18.7 Å². The van der Waals surface area contributed by atoms with E-state index in [9.17, 15) is 4.79 Å². The molecule has 1 fully saturated rings. The number of hydrogen-bond donors (Lipinski definition) is 1. The highest BCUT2D eigenvalue weighted by atomic mass is 32.2. The lowest BCUT2D eigenvalue weighted by Crippen LogP contribution is -2.20. The third-order valence-electron chi connectivity index (χ3n) is 4.03. The zero-order valence-corrected chi connectivity index (χ0v) is 14.0. The first-order valence-electron chi connectivity index (χ1n) is 7.79. The second-order valence-electron chi connectivity index (χ2n) is 5.54. The van der Waals surface area contributed by atoms with Crippen LogP contribution in [0.2, 0.25) is 0 Å². The normalized spacial score (nSPS) is 24.6. The van der Waals surface area contributed by atoms with E-state index < -0.39 is 0 Å². The molecule has 1 aromatic rings. The van der Waals surface area contributed by atoms with Crippen LogP contribution in [0.15, 0.2) is 0 Å². The number of esters is 1. The molecule has 0 aromatic carbocycles. The highest BCUT2D eigenvalue weighted by molar-refractivity contribution is 8.00. The van der Waals surface area contributed by atoms with Crippen molar-refractivity contribution in [2.45, 2.75) is 50.2 Å². The number of carbonyl (C=O) groups is 1. The average Bonchev–Trinajstić information content (AvgIpc) is 3.13. The van der Waals surface area contributed by atoms with Crippen molar-refractivity contribution >= 4 is 34.2 Å². The number of nitrogens with one attached hydrogen (secondary N) is 1. The Labute approximate surface area is 134 Å². The maximum Gasteiger partial charge on any atom is 0.315 e. The van der Waals surface area contributed by atoms with Crippen molar-refractivity contribution in [2.75, 3.05) is 24.2 Å². The van der Waals surface area contributed by atoms with Gasteiger partial charge in [-0.1, -0.05) is 0 Å². The van der Waals surface area contributed by atoms with Crippen molar-refractivity contribution in [3.8, 4) is 0 Å². The van der Waals surface area contributed by atoms with Crippen molar-refractivity contribution in [1.82, 2.24) is 4.98 Å². The molecule has 3 rings (SSSR count). The van der Waals surface area contributed by atoms with Gasteiger partial charge in [0.1, 0.15) is 5.92 Å². The van der Waals surface area contributed by atoms with Gasteiger partial charge < -0.3 is 10.1 Å². The summed E-state index contributed by atoms with van der Waals surface area (Å²) in [4.78, 5) is 18.0. The number of thiazole rings is 1. The molecule has 0 spiro atoms. The molecule has 0 saturated carbocycles. The molecule has 2 unspecified atom stereocenters. The fourth-order valence-electron chi connectivity index (χ4n) is 2.97. The minimum Gasteiger partial charge on any atom is -0.465 e. The van der Waals surface area contributed by atoms with E-state index >= 15 is 0 Å². The topological polar surface area (TPSA) is 51.2 Å². The molecule has 1 aromatic heterocycles. The Morgan fingerprint density at radius 3 is 3.10 bits per heavy atom. The molecule has 21 heavy (non-hydrogen) atoms. The number of carbonyl (C=O) groups excluding carboxylic acids is 1. The van der Waals surface area contributed by atoms with Crippen molar-refractivity contribution in [1.29, 1.82) is 0 Å². The van der Waals surface area contributed by atoms with Gasteiger partial charge in [-0.05, 0) is 44.8 Å². The smallest absolute Gasteiger partial charge is 0.315 e. The Bertz CT molecular complexity index is 498. The molecule has 0 radical (unpaired) electrons. The first-order chi connectivity index (χ1) is 10.3. The van der Waals surface area contributed by atoms with E-state index in [4.69, 9.17) is 9.72 Å². The summed E-state index contributed by atoms with van der Waals surface area (Å²) in [5, 5.41) is 5.16. The van der Waals surface area contributed by atoms with Gasteiger partial charge >= 0.3 is 5.97 Å². The number of anilines is 1. The van der Waals surface area contributed by atoms with Crippen LogP contribution in [0.25, 0.3) is 0 Å². The van der Waals surface area contributed by atoms with E-state index in [2.05, 4.69) is 5.32 Å². The van der Waals surface area contributed by atoms with E-state index in [0.717, 1.165) is 36.6 Å². The summed E-state index contributed by atoms with van der Waals surface area (Å²) in [5.41, 5.74) is 0.964. The van der Waals surface area contributed by atoms with E-state index in [1.54, 1.807) is 11.3 Å². The lowest BCUT2D eigenvalue weighted by molar-refractivity contribution is -0.145. The van der Waals surface area contributed by atoms with Gasteiger partial charge in [0.25, 0.3) is 0 Å². The van der Waals surface area contributed by atoms with Gasteiger partial charge in [-0.2, -0.15) is 11.8 Å². The number of aromatic nitrogens is 1. The molecule has 1 aliphatic carbocycles. The maximum absolute atomic E-state index is 12.1. The van der Waals surface area contributed by atoms with Crippen LogP contribution in [0.1, 0.15) is 49.1 Å². The summed E-state index contributed by atoms with van der Waals surface area (Å²) >= 11 is 3.77. The Morgan fingerprint density at radius 1 is 1.43 bits per heavy atom. The van der Waals surface area contributed by atoms with Crippen molar-refractivity contribution < 1.29 is 9.53 Å². The van der Waals surface area contributed by atoms with Crippen LogP contribution in [0.4, 0.5) is 5.13 Å². The molecule has 2 heterocycles. The lowest BCUT2D eigenvalue weighted by atomic mass is 9.91. The highest BCUT2D eigenvalue weighted by Crippen LogP contribution is 2.37. The van der Waals surface area contributed by atoms with E-state index in [-0.39, 0.29) is 11.9 Å². The van der Waals surface area contributed by atoms with Gasteiger partial charge in [0.05, 0.1) is 12.3 Å². The number of aryl methyl sites for hydroxylation is 1. The summed E-state index contributed by atoms with van der Waals surface area (Å²) in [6.45, 7) is 3.29. The fraction of sp³-hybridized carbons (Fsp3) is 0.733. The van der Waals surface area contributed by atoms with Crippen LogP contribution < -0.4 is 5.32 Å². The zero-order valence-electron chi connectivity index (χ0n) is 12.4. The molecule has 6 heteroatoms. The summed E-state index contributed by atoms with van der Waals surface area (Å²) < 4.78 is 5.19. The van der Waals surface area contributed by atoms with Gasteiger partial charge in [0, 0.05) is 16.7 Å². The second-order valence-corrected chi connectivity index (χ2v) is 8.03. The summed E-state index contributed by atoms with van der Waals surface area (Å²) in [6.07, 6.45) is 5.59. The molecule has 1 N–H and O–H groups in total. The fourth-order valence-corrected chi connectivity index (χ4v) is 5.25. The monoisotopic (exact) mass is 326 g/mol. The molecule has 2 aliphatic rings. The number of fused-ring (bicyclic) bond motifs is 1. The highest BCUT2D eigenvalue weighted by Gasteiger charge is 2.31. The maximum atomic E-state index is 12.1. The van der Waals surface area contributed by atoms with Gasteiger partial charge in [0.15, 0.2) is 5.13 Å². The summed E-state index contributed by atoms with van der Waals surface area (Å²) in [5.74, 6) is 1.02. The van der Waals surface area contributed by atoms with Gasteiger partial charge in [-0.25, -0.2) is 4.98 Å². The van der Waals surface area contributed by atoms with E-state index in [1.165, 1.54) is 23.5 Å². The molecule has 4 nitrogen and oxygen atoms in total. The predicted octanol–water partition coefficient (Wildman–Crippen LogP) is 3.43. The number of rotatable bonds is 5. The molecule has 1 aliphatic heterocycles. The van der Waals surface area contributed by atoms with Crippen LogP contribution in [-0.4, -0.2) is 35.1 Å². The summed E-state index contributed by atoms with van der Waals surface area (Å²) in [6, 6.07) is 0. The molecule has 2 atom stereocenters. The Hall–Kier alpha value is -0.750. The number of nitrogens with zero attached hydrogens (tertiary/aromatic N) is 1. The molecular weight excluding hydrogens is 304 g/mol. The second kappa shape index (κ2) is 7.01. The number of hydrogen-bond acceptors (Lipinski definition) is 6. The summed E-state index contributed by atoms with van der Waals surface area (Å²) in [7, 11) is 0. The van der Waals surface area contributed by atoms with Crippen molar-refractivity contribution in [3.05, 3.63) is 10.6 Å². The van der Waals surface area contributed by atoms with Crippen LogP contribution in [0.3, 0.4) is 0 Å². The quantitative estimate of drug-likeness (QED) is 0.840. The standard InChI is InChI=1S/C15H22N2O2S2/c1-2-19-14(18)11-6-3-7-12-13(11)17-15(21-12)16-9-10-5-4-8-20-10/h10-11H,2-9H2,1H3,(H,16,17). The van der Waals surface area contributed by atoms with Gasteiger partial charge in [-0.15, -0.1) is 11.3 Å². The Morgan fingerprint density at radius 2 is 2.33 bits per heavy atom. The molecule has 116 valence electrons. The first-order valence-corrected chi connectivity index (χ1v) is 9.66. The van der Waals surface area contributed by atoms with Crippen molar-refractivity contribution in [3.63, 3.8) is 0 Å². The minimum absolute atomic E-state index is 0.110. The SMILES string of the molecule is CCOC(=O)C1CCCc2sc(NCC3CCCS3)nc21. The van der Waals surface area contributed by atoms with E-state index in [0.29, 0.717) is 11.9 Å². The van der Waals surface area contributed by atoms with Crippen LogP contribution in [0, 0.1) is 0 Å². The molecule has 0 bridgehead atoms. The third-order valence-corrected chi connectivity index (χ3v) is 6.52. The predicted molar refractivity (Wildman–Crippen MR) is 88.4 cm³/mol. The molecule has 1 saturated heterocycles. The van der Waals surface area contributed by atoms with Gasteiger partial charge in [-0.3, -0.25) is 4.79 Å². The Kier molecular flexibility index (Phi) is 5.06. The lowest BCUT2D eigenvalue weighted by Gasteiger charge is -2.19. The molecular formula is C15H22N2O2S2. The average molecular weight is 326 g/mol. The van der Waals surface area contributed by atoms with Crippen molar-refractivity contribution in [2.24, 2.45) is 0 Å². The van der Waals surface area contributed by atoms with Crippen LogP contribution in [0.5, 0.6) is 0 Å². The largest absolute Gasteiger partial charge is 0.465 e. The van der Waals surface area contributed by atoms with Gasteiger partial charge in [0.2, 0.25) is 0 Å². The number of ether oxygens (including phenoxy) is 1.